The minimum Gasteiger partial charge on any atom is -0.454 e. The number of amides is 1. The molecule has 1 amide bonds. The van der Waals surface area contributed by atoms with E-state index in [1.807, 2.05) is 24.0 Å². The molecule has 0 spiro atoms. The lowest BCUT2D eigenvalue weighted by atomic mass is 10.0. The van der Waals surface area contributed by atoms with Gasteiger partial charge in [0.2, 0.25) is 6.79 Å². The molecule has 154 valence electrons. The summed E-state index contributed by atoms with van der Waals surface area (Å²) >= 11 is 6.46. The summed E-state index contributed by atoms with van der Waals surface area (Å²) in [7, 11) is 0. The van der Waals surface area contributed by atoms with E-state index in [0.717, 1.165) is 67.9 Å². The van der Waals surface area contributed by atoms with E-state index in [9.17, 15) is 4.79 Å². The molecular weight excluding hydrogens is 382 g/mol. The van der Waals surface area contributed by atoms with E-state index in [-0.39, 0.29) is 12.9 Å². The van der Waals surface area contributed by atoms with Crippen molar-refractivity contribution in [2.24, 2.45) is 0 Å². The zero-order valence-electron chi connectivity index (χ0n) is 16.4. The topological polar surface area (TPSA) is 54.5 Å². The van der Waals surface area contributed by atoms with Crippen molar-refractivity contribution in [1.82, 2.24) is 14.7 Å². The highest BCUT2D eigenvalue weighted by atomic mass is 35.5. The van der Waals surface area contributed by atoms with Crippen LogP contribution in [0.25, 0.3) is 0 Å². The van der Waals surface area contributed by atoms with Gasteiger partial charge in [0.15, 0.2) is 11.5 Å². The third-order valence-corrected chi connectivity index (χ3v) is 6.12. The van der Waals surface area contributed by atoms with Gasteiger partial charge in [0, 0.05) is 56.4 Å². The van der Waals surface area contributed by atoms with Gasteiger partial charge in [-0.3, -0.25) is 9.80 Å². The summed E-state index contributed by atoms with van der Waals surface area (Å²) in [5.41, 5.74) is 1.08. The van der Waals surface area contributed by atoms with Gasteiger partial charge in [0.1, 0.15) is 0 Å². The molecule has 0 radical (unpaired) electrons. The highest BCUT2D eigenvalue weighted by Gasteiger charge is 2.30. The van der Waals surface area contributed by atoms with Crippen LogP contribution in [0.3, 0.4) is 0 Å². The molecule has 0 aliphatic carbocycles. The predicted octanol–water partition coefficient (Wildman–Crippen LogP) is 2.81. The smallest absolute Gasteiger partial charge is 0.409 e. The molecule has 2 saturated heterocycles. The van der Waals surface area contributed by atoms with Gasteiger partial charge in [-0.25, -0.2) is 4.79 Å². The molecule has 8 heteroatoms. The Hall–Kier alpha value is -1.70. The molecule has 0 aromatic heterocycles. The number of rotatable bonds is 4. The Bertz CT molecular complexity index is 709. The number of ether oxygens (including phenoxy) is 3. The van der Waals surface area contributed by atoms with Crippen LogP contribution in [0.15, 0.2) is 12.1 Å². The van der Waals surface area contributed by atoms with Crippen molar-refractivity contribution in [3.05, 3.63) is 22.7 Å². The van der Waals surface area contributed by atoms with Crippen molar-refractivity contribution in [1.29, 1.82) is 0 Å². The summed E-state index contributed by atoms with van der Waals surface area (Å²) in [6.45, 7) is 8.73. The first-order valence-corrected chi connectivity index (χ1v) is 10.5. The van der Waals surface area contributed by atoms with Crippen LogP contribution in [-0.2, 0) is 11.3 Å². The number of carbonyl (C=O) groups excluding carboxylic acids is 1. The molecule has 2 fully saturated rings. The molecule has 0 unspecified atom stereocenters. The summed E-state index contributed by atoms with van der Waals surface area (Å²) < 4.78 is 16.0. The zero-order valence-corrected chi connectivity index (χ0v) is 17.1. The van der Waals surface area contributed by atoms with Crippen LogP contribution >= 0.6 is 11.6 Å². The van der Waals surface area contributed by atoms with Crippen LogP contribution in [0, 0.1) is 0 Å². The van der Waals surface area contributed by atoms with E-state index in [2.05, 4.69) is 9.80 Å². The number of piperazine rings is 1. The van der Waals surface area contributed by atoms with Crippen molar-refractivity contribution in [3.63, 3.8) is 0 Å². The minimum absolute atomic E-state index is 0.190. The molecule has 1 aromatic carbocycles. The molecule has 0 N–H and O–H groups in total. The van der Waals surface area contributed by atoms with Crippen LogP contribution in [-0.4, -0.2) is 79.5 Å². The quantitative estimate of drug-likeness (QED) is 0.762. The van der Waals surface area contributed by atoms with Crippen molar-refractivity contribution < 1.29 is 19.0 Å². The van der Waals surface area contributed by atoms with Crippen LogP contribution in [0.1, 0.15) is 25.3 Å². The molecule has 4 rings (SSSR count). The number of fused-ring (bicyclic) bond motifs is 1. The SMILES string of the molecule is CCOC(=O)N1CCN([C@@H]2CCCN(Cc3cc4c(cc3Cl)OCO4)C2)CC1. The molecule has 7 nitrogen and oxygen atoms in total. The van der Waals surface area contributed by atoms with Gasteiger partial charge in [-0.05, 0) is 37.9 Å². The third-order valence-electron chi connectivity index (χ3n) is 5.77. The van der Waals surface area contributed by atoms with Crippen LogP contribution in [0.2, 0.25) is 5.02 Å². The maximum Gasteiger partial charge on any atom is 0.409 e. The Kier molecular flexibility index (Phi) is 6.13. The normalized spacial score (nSPS) is 23.1. The lowest BCUT2D eigenvalue weighted by Gasteiger charge is -2.43. The molecule has 0 saturated carbocycles. The monoisotopic (exact) mass is 409 g/mol. The second-order valence-electron chi connectivity index (χ2n) is 7.55. The Morgan fingerprint density at radius 3 is 2.68 bits per heavy atom. The first-order chi connectivity index (χ1) is 13.6. The first-order valence-electron chi connectivity index (χ1n) is 10.1. The van der Waals surface area contributed by atoms with E-state index in [1.54, 1.807) is 0 Å². The Morgan fingerprint density at radius 1 is 1.18 bits per heavy atom. The maximum absolute atomic E-state index is 11.9. The number of benzene rings is 1. The molecular formula is C20H28ClN3O4. The zero-order chi connectivity index (χ0) is 19.5. The van der Waals surface area contributed by atoms with Gasteiger partial charge in [0.25, 0.3) is 0 Å². The maximum atomic E-state index is 11.9. The lowest BCUT2D eigenvalue weighted by molar-refractivity contribution is 0.0412. The fourth-order valence-corrected chi connectivity index (χ4v) is 4.49. The number of carbonyl (C=O) groups is 1. The molecule has 1 aromatic rings. The van der Waals surface area contributed by atoms with E-state index in [4.69, 9.17) is 25.8 Å². The minimum atomic E-state index is -0.190. The number of halogens is 1. The summed E-state index contributed by atoms with van der Waals surface area (Å²) in [6.07, 6.45) is 2.18. The molecule has 0 bridgehead atoms. The predicted molar refractivity (Wildman–Crippen MR) is 106 cm³/mol. The largest absolute Gasteiger partial charge is 0.454 e. The molecule has 28 heavy (non-hydrogen) atoms. The number of likely N-dealkylation sites (tertiary alicyclic amines) is 1. The summed E-state index contributed by atoms with van der Waals surface area (Å²) in [6, 6.07) is 4.38. The average Bonchev–Trinajstić information content (AvgIpc) is 3.16. The lowest BCUT2D eigenvalue weighted by Crippen LogP contribution is -2.55. The fraction of sp³-hybridized carbons (Fsp3) is 0.650. The molecule has 1 atom stereocenters. The Labute approximate surface area is 171 Å². The van der Waals surface area contributed by atoms with Gasteiger partial charge >= 0.3 is 6.09 Å². The van der Waals surface area contributed by atoms with E-state index >= 15 is 0 Å². The van der Waals surface area contributed by atoms with Crippen molar-refractivity contribution >= 4 is 17.7 Å². The van der Waals surface area contributed by atoms with Gasteiger partial charge in [0.05, 0.1) is 6.61 Å². The molecule has 3 aliphatic rings. The summed E-state index contributed by atoms with van der Waals surface area (Å²) in [5, 5.41) is 0.731. The standard InChI is InChI=1S/C20H28ClN3O4/c1-2-26-20(25)24-8-6-23(7-9-24)16-4-3-5-22(13-16)12-15-10-18-19(11-17(15)21)28-14-27-18/h10-11,16H,2-9,12-14H2,1H3/t16-/m1/s1. The Balaban J connectivity index is 1.32. The average molecular weight is 410 g/mol. The summed E-state index contributed by atoms with van der Waals surface area (Å²) in [5.74, 6) is 1.51. The third kappa shape index (κ3) is 4.31. The molecule has 3 aliphatic heterocycles. The fourth-order valence-electron chi connectivity index (χ4n) is 4.28. The second kappa shape index (κ2) is 8.76. The van der Waals surface area contributed by atoms with E-state index in [1.165, 1.54) is 12.8 Å². The van der Waals surface area contributed by atoms with Crippen LogP contribution in [0.5, 0.6) is 11.5 Å². The van der Waals surface area contributed by atoms with Crippen molar-refractivity contribution in [2.45, 2.75) is 32.4 Å². The van der Waals surface area contributed by atoms with Crippen LogP contribution < -0.4 is 9.47 Å². The van der Waals surface area contributed by atoms with Gasteiger partial charge in [-0.1, -0.05) is 11.6 Å². The highest BCUT2D eigenvalue weighted by molar-refractivity contribution is 6.31. The van der Waals surface area contributed by atoms with Crippen LogP contribution in [0.4, 0.5) is 4.79 Å². The van der Waals surface area contributed by atoms with Gasteiger partial charge in [-0.2, -0.15) is 0 Å². The number of hydrogen-bond acceptors (Lipinski definition) is 6. The summed E-state index contributed by atoms with van der Waals surface area (Å²) in [4.78, 5) is 18.7. The Morgan fingerprint density at radius 2 is 1.93 bits per heavy atom. The van der Waals surface area contributed by atoms with Crippen molar-refractivity contribution in [3.8, 4) is 11.5 Å². The first kappa shape index (κ1) is 19.6. The number of nitrogens with zero attached hydrogens (tertiary/aromatic N) is 3. The molecule has 3 heterocycles. The number of hydrogen-bond donors (Lipinski definition) is 0. The van der Waals surface area contributed by atoms with E-state index in [0.29, 0.717) is 12.6 Å². The number of piperidine rings is 1. The highest BCUT2D eigenvalue weighted by Crippen LogP contribution is 2.37. The van der Waals surface area contributed by atoms with Gasteiger partial charge in [-0.15, -0.1) is 0 Å². The van der Waals surface area contributed by atoms with E-state index < -0.39 is 0 Å². The van der Waals surface area contributed by atoms with Crippen molar-refractivity contribution in [2.75, 3.05) is 52.7 Å². The second-order valence-corrected chi connectivity index (χ2v) is 7.96. The van der Waals surface area contributed by atoms with Gasteiger partial charge < -0.3 is 19.1 Å².